The van der Waals surface area contributed by atoms with Crippen molar-refractivity contribution in [2.75, 3.05) is 0 Å². The molecule has 0 N–H and O–H groups in total. The van der Waals surface area contributed by atoms with Gasteiger partial charge in [0.25, 0.3) is 0 Å². The van der Waals surface area contributed by atoms with Gasteiger partial charge in [-0.1, -0.05) is 13.8 Å². The second-order valence-corrected chi connectivity index (χ2v) is 5.40. The zero-order valence-corrected chi connectivity index (χ0v) is 10.3. The van der Waals surface area contributed by atoms with E-state index in [1.165, 1.54) is 30.5 Å². The van der Waals surface area contributed by atoms with E-state index in [1.807, 2.05) is 0 Å². The zero-order chi connectivity index (χ0) is 11.0. The molecule has 0 spiro atoms. The molecule has 0 bridgehead atoms. The van der Waals surface area contributed by atoms with Crippen LogP contribution in [-0.2, 0) is 12.8 Å². The highest BCUT2D eigenvalue weighted by Crippen LogP contribution is 2.30. The Kier molecular flexibility index (Phi) is 2.85. The fourth-order valence-electron chi connectivity index (χ4n) is 2.59. The number of hydrogen-bond acceptors (Lipinski definition) is 1. The number of aromatic nitrogens is 2. The van der Waals surface area contributed by atoms with Gasteiger partial charge in [-0.3, -0.25) is 4.68 Å². The molecule has 0 radical (unpaired) electrons. The first kappa shape index (κ1) is 10.7. The lowest BCUT2D eigenvalue weighted by atomic mass is 9.81. The highest BCUT2D eigenvalue weighted by molar-refractivity contribution is 5.22. The average molecular weight is 206 g/mol. The third kappa shape index (κ3) is 1.95. The zero-order valence-electron chi connectivity index (χ0n) is 10.3. The summed E-state index contributed by atoms with van der Waals surface area (Å²) in [6, 6.07) is 0.504. The topological polar surface area (TPSA) is 17.8 Å². The van der Waals surface area contributed by atoms with E-state index in [9.17, 15) is 0 Å². The van der Waals surface area contributed by atoms with Gasteiger partial charge >= 0.3 is 0 Å². The first-order chi connectivity index (χ1) is 7.09. The molecule has 2 nitrogen and oxygen atoms in total. The quantitative estimate of drug-likeness (QED) is 0.726. The van der Waals surface area contributed by atoms with E-state index in [2.05, 4.69) is 43.7 Å². The molecule has 1 aromatic heterocycles. The van der Waals surface area contributed by atoms with Crippen LogP contribution in [0.2, 0.25) is 0 Å². The third-order valence-corrected chi connectivity index (χ3v) is 3.65. The van der Waals surface area contributed by atoms with Crippen molar-refractivity contribution in [3.8, 4) is 0 Å². The SMILES string of the molecule is CC(C)C1CCc2c(cnn2C(C)C)C1. The Morgan fingerprint density at radius 1 is 1.33 bits per heavy atom. The van der Waals surface area contributed by atoms with Crippen LogP contribution >= 0.6 is 0 Å². The third-order valence-electron chi connectivity index (χ3n) is 3.65. The molecule has 1 heterocycles. The molecule has 1 atom stereocenters. The van der Waals surface area contributed by atoms with Crippen molar-refractivity contribution in [1.29, 1.82) is 0 Å². The molecule has 1 unspecified atom stereocenters. The van der Waals surface area contributed by atoms with Crippen LogP contribution in [0.4, 0.5) is 0 Å². The van der Waals surface area contributed by atoms with Gasteiger partial charge in [-0.05, 0) is 50.5 Å². The van der Waals surface area contributed by atoms with Crippen LogP contribution in [0.15, 0.2) is 6.20 Å². The Hall–Kier alpha value is -0.790. The molecule has 0 aromatic carbocycles. The van der Waals surface area contributed by atoms with E-state index < -0.39 is 0 Å². The predicted octanol–water partition coefficient (Wildman–Crippen LogP) is 3.22. The van der Waals surface area contributed by atoms with Gasteiger partial charge in [0.15, 0.2) is 0 Å². The van der Waals surface area contributed by atoms with Gasteiger partial charge in [-0.25, -0.2) is 0 Å². The van der Waals surface area contributed by atoms with Crippen LogP contribution in [0.25, 0.3) is 0 Å². The van der Waals surface area contributed by atoms with Crippen LogP contribution in [0, 0.1) is 11.8 Å². The van der Waals surface area contributed by atoms with E-state index in [4.69, 9.17) is 0 Å². The molecule has 1 aliphatic rings. The molecular formula is C13H22N2. The number of fused-ring (bicyclic) bond motifs is 1. The fourth-order valence-corrected chi connectivity index (χ4v) is 2.59. The minimum absolute atomic E-state index is 0.504. The normalized spacial score (nSPS) is 21.1. The fraction of sp³-hybridized carbons (Fsp3) is 0.769. The largest absolute Gasteiger partial charge is 0.267 e. The van der Waals surface area contributed by atoms with Gasteiger partial charge < -0.3 is 0 Å². The molecular weight excluding hydrogens is 184 g/mol. The standard InChI is InChI=1S/C13H22N2/c1-9(2)11-5-6-13-12(7-11)8-14-15(13)10(3)4/h8-11H,5-7H2,1-4H3. The lowest BCUT2D eigenvalue weighted by Crippen LogP contribution is -2.20. The van der Waals surface area contributed by atoms with Crippen molar-refractivity contribution in [1.82, 2.24) is 9.78 Å². The highest BCUT2D eigenvalue weighted by atomic mass is 15.3. The van der Waals surface area contributed by atoms with Gasteiger partial charge in [-0.2, -0.15) is 5.10 Å². The number of rotatable bonds is 2. The van der Waals surface area contributed by atoms with Gasteiger partial charge in [0.2, 0.25) is 0 Å². The summed E-state index contributed by atoms with van der Waals surface area (Å²) in [5, 5.41) is 4.51. The van der Waals surface area contributed by atoms with Crippen molar-refractivity contribution in [3.63, 3.8) is 0 Å². The summed E-state index contributed by atoms with van der Waals surface area (Å²) in [4.78, 5) is 0. The van der Waals surface area contributed by atoms with Crippen molar-refractivity contribution in [2.24, 2.45) is 11.8 Å². The second kappa shape index (κ2) is 3.99. The first-order valence-electron chi connectivity index (χ1n) is 6.15. The summed E-state index contributed by atoms with van der Waals surface area (Å²) in [5.41, 5.74) is 2.98. The van der Waals surface area contributed by atoms with Crippen LogP contribution in [-0.4, -0.2) is 9.78 Å². The van der Waals surface area contributed by atoms with Gasteiger partial charge in [-0.15, -0.1) is 0 Å². The van der Waals surface area contributed by atoms with Crippen LogP contribution in [0.5, 0.6) is 0 Å². The number of nitrogens with zero attached hydrogens (tertiary/aromatic N) is 2. The molecule has 0 saturated carbocycles. The summed E-state index contributed by atoms with van der Waals surface area (Å²) in [6.07, 6.45) is 5.88. The van der Waals surface area contributed by atoms with Gasteiger partial charge in [0, 0.05) is 11.7 Å². The Labute approximate surface area is 92.7 Å². The lowest BCUT2D eigenvalue weighted by molar-refractivity contribution is 0.335. The van der Waals surface area contributed by atoms with E-state index in [-0.39, 0.29) is 0 Å². The minimum atomic E-state index is 0.504. The molecule has 0 aliphatic heterocycles. The monoisotopic (exact) mass is 206 g/mol. The first-order valence-corrected chi connectivity index (χ1v) is 6.15. The highest BCUT2D eigenvalue weighted by Gasteiger charge is 2.24. The molecule has 84 valence electrons. The van der Waals surface area contributed by atoms with Crippen molar-refractivity contribution in [2.45, 2.75) is 53.0 Å². The Morgan fingerprint density at radius 2 is 2.07 bits per heavy atom. The Bertz CT molecular complexity index is 336. The summed E-state index contributed by atoms with van der Waals surface area (Å²) < 4.78 is 2.20. The lowest BCUT2D eigenvalue weighted by Gasteiger charge is -2.26. The summed E-state index contributed by atoms with van der Waals surface area (Å²) in [5.74, 6) is 1.67. The van der Waals surface area contributed by atoms with Gasteiger partial charge in [0.1, 0.15) is 0 Å². The molecule has 0 saturated heterocycles. The molecule has 1 aromatic rings. The smallest absolute Gasteiger partial charge is 0.0524 e. The summed E-state index contributed by atoms with van der Waals surface area (Å²) >= 11 is 0. The second-order valence-electron chi connectivity index (χ2n) is 5.40. The molecule has 0 fully saturated rings. The Morgan fingerprint density at radius 3 is 2.67 bits per heavy atom. The van der Waals surface area contributed by atoms with Crippen LogP contribution < -0.4 is 0 Å². The Balaban J connectivity index is 2.22. The number of hydrogen-bond donors (Lipinski definition) is 0. The van der Waals surface area contributed by atoms with Crippen LogP contribution in [0.1, 0.15) is 51.4 Å². The maximum atomic E-state index is 4.51. The van der Waals surface area contributed by atoms with Crippen LogP contribution in [0.3, 0.4) is 0 Å². The molecule has 2 heteroatoms. The minimum Gasteiger partial charge on any atom is -0.267 e. The van der Waals surface area contributed by atoms with Gasteiger partial charge in [0.05, 0.1) is 6.20 Å². The van der Waals surface area contributed by atoms with Crippen molar-refractivity contribution >= 4 is 0 Å². The van der Waals surface area contributed by atoms with E-state index in [1.54, 1.807) is 0 Å². The van der Waals surface area contributed by atoms with E-state index >= 15 is 0 Å². The van der Waals surface area contributed by atoms with Crippen molar-refractivity contribution < 1.29 is 0 Å². The predicted molar refractivity (Wildman–Crippen MR) is 63.0 cm³/mol. The summed E-state index contributed by atoms with van der Waals surface area (Å²) in [7, 11) is 0. The average Bonchev–Trinajstić information content (AvgIpc) is 2.59. The molecule has 15 heavy (non-hydrogen) atoms. The molecule has 1 aliphatic carbocycles. The maximum absolute atomic E-state index is 4.51. The molecule has 0 amide bonds. The van der Waals surface area contributed by atoms with Crippen molar-refractivity contribution in [3.05, 3.63) is 17.5 Å². The maximum Gasteiger partial charge on any atom is 0.0524 e. The van der Waals surface area contributed by atoms with E-state index in [0.717, 1.165) is 11.8 Å². The van der Waals surface area contributed by atoms with E-state index in [0.29, 0.717) is 6.04 Å². The summed E-state index contributed by atoms with van der Waals surface area (Å²) in [6.45, 7) is 9.09. The molecule has 2 rings (SSSR count).